The van der Waals surface area contributed by atoms with Crippen LogP contribution >= 0.6 is 0 Å². The van der Waals surface area contributed by atoms with Gasteiger partial charge in [0.05, 0.1) is 7.85 Å². The maximum atomic E-state index is 6.10. The van der Waals surface area contributed by atoms with Crippen molar-refractivity contribution in [1.29, 1.82) is 0 Å². The quantitative estimate of drug-likeness (QED) is 0.670. The molecule has 0 spiro atoms. The van der Waals surface area contributed by atoms with E-state index in [-0.39, 0.29) is 11.7 Å². The summed E-state index contributed by atoms with van der Waals surface area (Å²) in [5, 5.41) is 0. The third-order valence-electron chi connectivity index (χ3n) is 2.84. The van der Waals surface area contributed by atoms with Gasteiger partial charge in [-0.05, 0) is 11.1 Å². The second-order valence-electron chi connectivity index (χ2n) is 4.16. The maximum Gasteiger partial charge on any atom is 0.0708 e. The van der Waals surface area contributed by atoms with Crippen molar-refractivity contribution in [3.8, 4) is 0 Å². The van der Waals surface area contributed by atoms with Crippen molar-refractivity contribution in [3.63, 3.8) is 0 Å². The second kappa shape index (κ2) is 5.02. The SMILES string of the molecule is [B]C(C)C(c1ccccc1)c1ccccc1. The van der Waals surface area contributed by atoms with Crippen LogP contribution in [0.2, 0.25) is 5.82 Å². The molecule has 1 atom stereocenters. The van der Waals surface area contributed by atoms with Gasteiger partial charge in [-0.3, -0.25) is 0 Å². The molecule has 1 unspecified atom stereocenters. The van der Waals surface area contributed by atoms with E-state index in [4.69, 9.17) is 7.85 Å². The molecule has 0 bridgehead atoms. The molecule has 0 amide bonds. The highest BCUT2D eigenvalue weighted by atomic mass is 14.2. The summed E-state index contributed by atoms with van der Waals surface area (Å²) in [6.07, 6.45) is 0. The molecule has 2 aromatic rings. The lowest BCUT2D eigenvalue weighted by molar-refractivity contribution is 0.774. The van der Waals surface area contributed by atoms with Crippen LogP contribution in [-0.4, -0.2) is 7.85 Å². The first kappa shape index (κ1) is 11.0. The lowest BCUT2D eigenvalue weighted by atomic mass is 9.71. The monoisotopic (exact) mass is 206 g/mol. The maximum absolute atomic E-state index is 6.10. The molecule has 0 aliphatic heterocycles. The van der Waals surface area contributed by atoms with E-state index >= 15 is 0 Å². The van der Waals surface area contributed by atoms with Crippen molar-refractivity contribution >= 4 is 7.85 Å². The minimum Gasteiger partial charge on any atom is -0.0695 e. The molecule has 2 aromatic carbocycles. The molecule has 0 N–H and O–H groups in total. The summed E-state index contributed by atoms with van der Waals surface area (Å²) in [5.41, 5.74) is 2.56. The molecule has 2 rings (SSSR count). The number of hydrogen-bond donors (Lipinski definition) is 0. The Labute approximate surface area is 98.7 Å². The van der Waals surface area contributed by atoms with E-state index in [0.29, 0.717) is 0 Å². The summed E-state index contributed by atoms with van der Waals surface area (Å²) in [6.45, 7) is 2.06. The van der Waals surface area contributed by atoms with Crippen molar-refractivity contribution in [2.45, 2.75) is 18.7 Å². The van der Waals surface area contributed by atoms with E-state index in [1.54, 1.807) is 0 Å². The zero-order valence-corrected chi connectivity index (χ0v) is 9.51. The summed E-state index contributed by atoms with van der Waals surface area (Å²) < 4.78 is 0. The van der Waals surface area contributed by atoms with E-state index in [9.17, 15) is 0 Å². The predicted molar refractivity (Wildman–Crippen MR) is 69.9 cm³/mol. The zero-order valence-electron chi connectivity index (χ0n) is 9.51. The van der Waals surface area contributed by atoms with Crippen LogP contribution in [0.5, 0.6) is 0 Å². The van der Waals surface area contributed by atoms with E-state index in [1.165, 1.54) is 11.1 Å². The molecular formula is C15H15B. The van der Waals surface area contributed by atoms with E-state index in [0.717, 1.165) is 0 Å². The molecule has 16 heavy (non-hydrogen) atoms. The Kier molecular flexibility index (Phi) is 3.45. The number of rotatable bonds is 3. The second-order valence-corrected chi connectivity index (χ2v) is 4.16. The topological polar surface area (TPSA) is 0 Å². The van der Waals surface area contributed by atoms with Crippen molar-refractivity contribution in [2.24, 2.45) is 0 Å². The van der Waals surface area contributed by atoms with Gasteiger partial charge in [0, 0.05) is 5.92 Å². The molecule has 0 aliphatic carbocycles. The first-order valence-electron chi connectivity index (χ1n) is 5.64. The fourth-order valence-corrected chi connectivity index (χ4v) is 2.12. The van der Waals surface area contributed by atoms with Crippen molar-refractivity contribution in [3.05, 3.63) is 71.8 Å². The van der Waals surface area contributed by atoms with Crippen LogP contribution in [0.3, 0.4) is 0 Å². The van der Waals surface area contributed by atoms with Crippen LogP contribution in [0.25, 0.3) is 0 Å². The van der Waals surface area contributed by atoms with Crippen molar-refractivity contribution in [1.82, 2.24) is 0 Å². The van der Waals surface area contributed by atoms with Crippen LogP contribution in [0.4, 0.5) is 0 Å². The van der Waals surface area contributed by atoms with Gasteiger partial charge in [-0.15, -0.1) is 0 Å². The summed E-state index contributed by atoms with van der Waals surface area (Å²) in [5.74, 6) is 0.396. The molecule has 78 valence electrons. The van der Waals surface area contributed by atoms with Crippen molar-refractivity contribution in [2.75, 3.05) is 0 Å². The third-order valence-corrected chi connectivity index (χ3v) is 2.84. The molecule has 0 fully saturated rings. The lowest BCUT2D eigenvalue weighted by Crippen LogP contribution is -2.06. The van der Waals surface area contributed by atoms with Gasteiger partial charge < -0.3 is 0 Å². The first-order chi connectivity index (χ1) is 7.79. The lowest BCUT2D eigenvalue weighted by Gasteiger charge is -2.22. The highest BCUT2D eigenvalue weighted by molar-refractivity contribution is 6.12. The Morgan fingerprint density at radius 1 is 0.750 bits per heavy atom. The Bertz CT molecular complexity index is 380. The minimum atomic E-state index is 0.116. The third kappa shape index (κ3) is 2.36. The molecule has 0 nitrogen and oxygen atoms in total. The minimum absolute atomic E-state index is 0.116. The van der Waals surface area contributed by atoms with Gasteiger partial charge in [-0.2, -0.15) is 0 Å². The summed E-state index contributed by atoms with van der Waals surface area (Å²) in [4.78, 5) is 0. The Morgan fingerprint density at radius 2 is 1.12 bits per heavy atom. The summed E-state index contributed by atoms with van der Waals surface area (Å²) in [6, 6.07) is 20.9. The Morgan fingerprint density at radius 3 is 1.44 bits per heavy atom. The molecule has 0 heterocycles. The van der Waals surface area contributed by atoms with E-state index in [1.807, 2.05) is 12.1 Å². The summed E-state index contributed by atoms with van der Waals surface area (Å²) >= 11 is 0. The smallest absolute Gasteiger partial charge is 0.0695 e. The highest BCUT2D eigenvalue weighted by Crippen LogP contribution is 2.33. The fourth-order valence-electron chi connectivity index (χ4n) is 2.12. The first-order valence-corrected chi connectivity index (χ1v) is 5.64. The molecule has 0 saturated carbocycles. The summed E-state index contributed by atoms with van der Waals surface area (Å²) in [7, 11) is 6.10. The van der Waals surface area contributed by atoms with Crippen LogP contribution < -0.4 is 0 Å². The van der Waals surface area contributed by atoms with Gasteiger partial charge in [0.25, 0.3) is 0 Å². The van der Waals surface area contributed by atoms with Crippen LogP contribution in [0.1, 0.15) is 24.0 Å². The van der Waals surface area contributed by atoms with Gasteiger partial charge in [-0.25, -0.2) is 0 Å². The van der Waals surface area contributed by atoms with Crippen molar-refractivity contribution < 1.29 is 0 Å². The highest BCUT2D eigenvalue weighted by Gasteiger charge is 2.16. The van der Waals surface area contributed by atoms with Crippen LogP contribution in [-0.2, 0) is 0 Å². The fraction of sp³-hybridized carbons (Fsp3) is 0.200. The number of hydrogen-bond acceptors (Lipinski definition) is 0. The zero-order chi connectivity index (χ0) is 11.4. The average molecular weight is 206 g/mol. The molecular weight excluding hydrogens is 191 g/mol. The molecule has 0 saturated heterocycles. The van der Waals surface area contributed by atoms with Gasteiger partial charge in [0.2, 0.25) is 0 Å². The van der Waals surface area contributed by atoms with Gasteiger partial charge in [0.1, 0.15) is 0 Å². The number of benzene rings is 2. The van der Waals surface area contributed by atoms with Crippen LogP contribution in [0, 0.1) is 0 Å². The van der Waals surface area contributed by atoms with Gasteiger partial charge in [0.15, 0.2) is 0 Å². The molecule has 2 radical (unpaired) electrons. The molecule has 0 aliphatic rings. The Balaban J connectivity index is 2.40. The Hall–Kier alpha value is -1.50. The van der Waals surface area contributed by atoms with Crippen LogP contribution in [0.15, 0.2) is 60.7 Å². The standard InChI is InChI=1S/C15H15B/c1-12(16)15(13-8-4-2-5-9-13)14-10-6-3-7-11-14/h2-12,15H,1H3. The largest absolute Gasteiger partial charge is 0.0708 e. The molecule has 1 heteroatoms. The van der Waals surface area contributed by atoms with Gasteiger partial charge >= 0.3 is 0 Å². The predicted octanol–water partition coefficient (Wildman–Crippen LogP) is 3.80. The van der Waals surface area contributed by atoms with Gasteiger partial charge in [-0.1, -0.05) is 73.4 Å². The van der Waals surface area contributed by atoms with E-state index < -0.39 is 0 Å². The average Bonchev–Trinajstić information content (AvgIpc) is 2.31. The van der Waals surface area contributed by atoms with E-state index in [2.05, 4.69) is 55.5 Å². The normalized spacial score (nSPS) is 12.6. The molecule has 0 aromatic heterocycles.